The summed E-state index contributed by atoms with van der Waals surface area (Å²) in [6, 6.07) is 7.11. The topological polar surface area (TPSA) is 75.7 Å². The Morgan fingerprint density at radius 3 is 2.42 bits per heavy atom. The Morgan fingerprint density at radius 2 is 1.88 bits per heavy atom. The van der Waals surface area contributed by atoms with Gasteiger partial charge in [-0.15, -0.1) is 0 Å². The predicted molar refractivity (Wildman–Crippen MR) is 95.8 cm³/mol. The number of nitrogens with zero attached hydrogens (tertiary/aromatic N) is 1. The van der Waals surface area contributed by atoms with Crippen LogP contribution in [0, 0.1) is 0 Å². The monoisotopic (exact) mass is 354 g/mol. The van der Waals surface area contributed by atoms with E-state index < -0.39 is 10.0 Å². The molecule has 1 aromatic carbocycles. The molecular weight excluding hydrogens is 328 g/mol. The molecule has 0 bridgehead atoms. The van der Waals surface area contributed by atoms with Crippen LogP contribution in [0.5, 0.6) is 0 Å². The standard InChI is InChI=1S/C17H26N2O4S/c1-3-4-5-17(20)19(16-10-12-23-13-11-16)15-8-6-14(7-9-15)18-24(2,21)22/h6-9,16,18H,3-5,10-13H2,1-2H3. The maximum absolute atomic E-state index is 12.7. The van der Waals surface area contributed by atoms with Crippen molar-refractivity contribution >= 4 is 27.3 Å². The van der Waals surface area contributed by atoms with Gasteiger partial charge in [-0.25, -0.2) is 8.42 Å². The summed E-state index contributed by atoms with van der Waals surface area (Å²) in [4.78, 5) is 14.6. The molecule has 2 rings (SSSR count). The van der Waals surface area contributed by atoms with Crippen molar-refractivity contribution < 1.29 is 17.9 Å². The Balaban J connectivity index is 2.20. The average Bonchev–Trinajstić information content (AvgIpc) is 2.54. The number of carbonyl (C=O) groups excluding carboxylic acids is 1. The highest BCUT2D eigenvalue weighted by molar-refractivity contribution is 7.92. The van der Waals surface area contributed by atoms with Gasteiger partial charge in [0.25, 0.3) is 0 Å². The van der Waals surface area contributed by atoms with Crippen molar-refractivity contribution in [2.75, 3.05) is 29.1 Å². The quantitative estimate of drug-likeness (QED) is 0.817. The van der Waals surface area contributed by atoms with Crippen molar-refractivity contribution in [1.29, 1.82) is 0 Å². The maximum atomic E-state index is 12.7. The predicted octanol–water partition coefficient (Wildman–Crippen LogP) is 2.76. The molecule has 0 atom stereocenters. The highest BCUT2D eigenvalue weighted by Crippen LogP contribution is 2.26. The van der Waals surface area contributed by atoms with Crippen LogP contribution in [0.3, 0.4) is 0 Å². The van der Waals surface area contributed by atoms with Crippen molar-refractivity contribution in [2.45, 2.75) is 45.1 Å². The van der Waals surface area contributed by atoms with E-state index in [1.54, 1.807) is 24.3 Å². The number of hydrogen-bond donors (Lipinski definition) is 1. The fourth-order valence-electron chi connectivity index (χ4n) is 2.85. The Bertz CT molecular complexity index is 637. The SMILES string of the molecule is CCCCC(=O)N(c1ccc(NS(C)(=O)=O)cc1)C1CCOCC1. The summed E-state index contributed by atoms with van der Waals surface area (Å²) in [7, 11) is -3.31. The smallest absolute Gasteiger partial charge is 0.229 e. The average molecular weight is 354 g/mol. The number of sulfonamides is 1. The molecule has 24 heavy (non-hydrogen) atoms. The molecule has 0 saturated carbocycles. The van der Waals surface area contributed by atoms with Crippen molar-refractivity contribution in [3.63, 3.8) is 0 Å². The molecule has 1 N–H and O–H groups in total. The first-order valence-electron chi connectivity index (χ1n) is 8.38. The normalized spacial score (nSPS) is 15.9. The van der Waals surface area contributed by atoms with Crippen LogP contribution in [0.15, 0.2) is 24.3 Å². The number of nitrogens with one attached hydrogen (secondary N) is 1. The summed E-state index contributed by atoms with van der Waals surface area (Å²) in [6.45, 7) is 3.39. The van der Waals surface area contributed by atoms with E-state index in [1.807, 2.05) is 4.90 Å². The van der Waals surface area contributed by atoms with E-state index in [1.165, 1.54) is 0 Å². The minimum absolute atomic E-state index is 0.118. The van der Waals surface area contributed by atoms with Crippen LogP contribution in [0.4, 0.5) is 11.4 Å². The van der Waals surface area contributed by atoms with Gasteiger partial charge in [0.2, 0.25) is 15.9 Å². The number of carbonyl (C=O) groups is 1. The molecule has 0 spiro atoms. The van der Waals surface area contributed by atoms with E-state index in [9.17, 15) is 13.2 Å². The zero-order valence-corrected chi connectivity index (χ0v) is 15.1. The zero-order chi connectivity index (χ0) is 17.6. The molecule has 1 heterocycles. The molecule has 0 radical (unpaired) electrons. The first-order chi connectivity index (χ1) is 11.4. The van der Waals surface area contributed by atoms with Gasteiger partial charge < -0.3 is 9.64 Å². The lowest BCUT2D eigenvalue weighted by Crippen LogP contribution is -2.43. The summed E-state index contributed by atoms with van der Waals surface area (Å²) in [6.07, 6.45) is 5.12. The number of rotatable bonds is 7. The van der Waals surface area contributed by atoms with E-state index in [4.69, 9.17) is 4.74 Å². The second kappa shape index (κ2) is 8.48. The molecule has 134 valence electrons. The third-order valence-corrected chi connectivity index (χ3v) is 4.62. The minimum atomic E-state index is -3.31. The molecule has 7 heteroatoms. The van der Waals surface area contributed by atoms with E-state index in [0.717, 1.165) is 37.6 Å². The molecule has 1 aromatic rings. The van der Waals surface area contributed by atoms with Crippen LogP contribution in [-0.4, -0.2) is 39.8 Å². The van der Waals surface area contributed by atoms with Gasteiger partial charge in [0, 0.05) is 37.1 Å². The first kappa shape index (κ1) is 18.7. The van der Waals surface area contributed by atoms with Crippen LogP contribution in [0.2, 0.25) is 0 Å². The van der Waals surface area contributed by atoms with E-state index in [-0.39, 0.29) is 11.9 Å². The second-order valence-electron chi connectivity index (χ2n) is 6.13. The highest BCUT2D eigenvalue weighted by atomic mass is 32.2. The number of amides is 1. The summed E-state index contributed by atoms with van der Waals surface area (Å²) in [5.74, 6) is 0.118. The van der Waals surface area contributed by atoms with Crippen LogP contribution >= 0.6 is 0 Å². The summed E-state index contributed by atoms with van der Waals surface area (Å²) in [5, 5.41) is 0. The van der Waals surface area contributed by atoms with E-state index >= 15 is 0 Å². The lowest BCUT2D eigenvalue weighted by atomic mass is 10.0. The highest BCUT2D eigenvalue weighted by Gasteiger charge is 2.26. The maximum Gasteiger partial charge on any atom is 0.229 e. The Morgan fingerprint density at radius 1 is 1.25 bits per heavy atom. The Labute approximate surface area is 144 Å². The van der Waals surface area contributed by atoms with Crippen LogP contribution in [0.25, 0.3) is 0 Å². The molecule has 1 fully saturated rings. The van der Waals surface area contributed by atoms with E-state index in [2.05, 4.69) is 11.6 Å². The third-order valence-electron chi connectivity index (χ3n) is 4.02. The largest absolute Gasteiger partial charge is 0.381 e. The Hall–Kier alpha value is -1.60. The number of hydrogen-bond acceptors (Lipinski definition) is 4. The van der Waals surface area contributed by atoms with E-state index in [0.29, 0.717) is 25.3 Å². The van der Waals surface area contributed by atoms with Crippen LogP contribution < -0.4 is 9.62 Å². The van der Waals surface area contributed by atoms with Gasteiger partial charge in [-0.3, -0.25) is 9.52 Å². The number of anilines is 2. The molecule has 1 saturated heterocycles. The first-order valence-corrected chi connectivity index (χ1v) is 10.3. The number of benzene rings is 1. The van der Waals surface area contributed by atoms with Crippen molar-refractivity contribution in [3.8, 4) is 0 Å². The fourth-order valence-corrected chi connectivity index (χ4v) is 3.42. The lowest BCUT2D eigenvalue weighted by molar-refractivity contribution is -0.119. The summed E-state index contributed by atoms with van der Waals surface area (Å²) < 4.78 is 30.5. The van der Waals surface area contributed by atoms with Crippen molar-refractivity contribution in [1.82, 2.24) is 0 Å². The third kappa shape index (κ3) is 5.49. The van der Waals surface area contributed by atoms with Gasteiger partial charge >= 0.3 is 0 Å². The van der Waals surface area contributed by atoms with Gasteiger partial charge in [0.1, 0.15) is 0 Å². The van der Waals surface area contributed by atoms with Crippen LogP contribution in [0.1, 0.15) is 39.0 Å². The molecule has 1 aliphatic rings. The lowest BCUT2D eigenvalue weighted by Gasteiger charge is -2.34. The molecule has 0 aliphatic carbocycles. The Kier molecular flexibility index (Phi) is 6.62. The molecule has 0 unspecified atom stereocenters. The summed E-state index contributed by atoms with van der Waals surface area (Å²) >= 11 is 0. The van der Waals surface area contributed by atoms with Gasteiger partial charge in [-0.05, 0) is 43.5 Å². The molecule has 1 amide bonds. The van der Waals surface area contributed by atoms with Crippen molar-refractivity contribution in [2.24, 2.45) is 0 Å². The second-order valence-corrected chi connectivity index (χ2v) is 7.88. The van der Waals surface area contributed by atoms with Gasteiger partial charge in [0.15, 0.2) is 0 Å². The van der Waals surface area contributed by atoms with Gasteiger partial charge in [0.05, 0.1) is 6.26 Å². The molecular formula is C17H26N2O4S. The van der Waals surface area contributed by atoms with Gasteiger partial charge in [-0.2, -0.15) is 0 Å². The molecule has 6 nitrogen and oxygen atoms in total. The number of unbranched alkanes of at least 4 members (excludes halogenated alkanes) is 1. The molecule has 0 aromatic heterocycles. The summed E-state index contributed by atoms with van der Waals surface area (Å²) in [5.41, 5.74) is 1.30. The number of ether oxygens (including phenoxy) is 1. The van der Waals surface area contributed by atoms with Crippen molar-refractivity contribution in [3.05, 3.63) is 24.3 Å². The molecule has 1 aliphatic heterocycles. The fraction of sp³-hybridized carbons (Fsp3) is 0.588. The van der Waals surface area contributed by atoms with Crippen LogP contribution in [-0.2, 0) is 19.6 Å². The zero-order valence-electron chi connectivity index (χ0n) is 14.3. The van der Waals surface area contributed by atoms with Gasteiger partial charge in [-0.1, -0.05) is 13.3 Å². The minimum Gasteiger partial charge on any atom is -0.381 e.